The number of methoxy groups -OCH3 is 1. The molecule has 0 spiro atoms. The van der Waals surface area contributed by atoms with Crippen molar-refractivity contribution in [2.24, 2.45) is 0 Å². The minimum absolute atomic E-state index is 0.00210. The van der Waals surface area contributed by atoms with E-state index in [9.17, 15) is 9.59 Å². The maximum Gasteiger partial charge on any atom is 0.287 e. The molecule has 5 rings (SSSR count). The molecule has 1 aliphatic carbocycles. The third-order valence-electron chi connectivity index (χ3n) is 6.11. The summed E-state index contributed by atoms with van der Waals surface area (Å²) in [7, 11) is 1.57. The van der Waals surface area contributed by atoms with Crippen LogP contribution in [0.4, 0.5) is 0 Å². The fourth-order valence-electron chi connectivity index (χ4n) is 4.39. The van der Waals surface area contributed by atoms with Gasteiger partial charge >= 0.3 is 0 Å². The number of carbonyl (C=O) groups is 1. The molecule has 3 aromatic heterocycles. The molecule has 33 heavy (non-hydrogen) atoms. The Morgan fingerprint density at radius 2 is 1.97 bits per heavy atom. The predicted molar refractivity (Wildman–Crippen MR) is 123 cm³/mol. The molecule has 4 aromatic rings. The molecule has 0 saturated heterocycles. The molecule has 1 saturated carbocycles. The Labute approximate surface area is 190 Å². The van der Waals surface area contributed by atoms with Crippen molar-refractivity contribution in [2.75, 3.05) is 7.11 Å². The number of benzene rings is 1. The maximum absolute atomic E-state index is 12.8. The molecule has 0 unspecified atom stereocenters. The van der Waals surface area contributed by atoms with E-state index in [4.69, 9.17) is 9.15 Å². The van der Waals surface area contributed by atoms with Gasteiger partial charge in [-0.1, -0.05) is 12.1 Å². The van der Waals surface area contributed by atoms with E-state index >= 15 is 0 Å². The molecule has 1 aromatic carbocycles. The maximum atomic E-state index is 12.8. The van der Waals surface area contributed by atoms with Crippen LogP contribution in [0.5, 0.6) is 5.75 Å². The molecule has 0 aliphatic heterocycles. The summed E-state index contributed by atoms with van der Waals surface area (Å²) in [6.45, 7) is 0. The summed E-state index contributed by atoms with van der Waals surface area (Å²) >= 11 is 0. The van der Waals surface area contributed by atoms with Crippen molar-refractivity contribution in [2.45, 2.75) is 37.8 Å². The topological polar surface area (TPSA) is 99.2 Å². The number of aromatic nitrogens is 3. The summed E-state index contributed by atoms with van der Waals surface area (Å²) in [5.74, 6) is 0.614. The first kappa shape index (κ1) is 20.9. The number of amides is 1. The second kappa shape index (κ2) is 8.90. The van der Waals surface area contributed by atoms with Crippen molar-refractivity contribution in [3.05, 3.63) is 77.0 Å². The molecule has 8 heteroatoms. The first-order valence-electron chi connectivity index (χ1n) is 11.0. The standard InChI is InChI=1S/C25H24N4O4/c1-32-21-6-2-4-16-14-22(33-24(16)21)25(31)27-18-7-9-19(10-8-18)29-23(30)12-11-20(28-29)17-5-3-13-26-15-17/h2-6,11-15,18-19H,7-10H2,1H3,(H,27,31). The van der Waals surface area contributed by atoms with Crippen LogP contribution >= 0.6 is 0 Å². The van der Waals surface area contributed by atoms with Crippen molar-refractivity contribution >= 4 is 16.9 Å². The van der Waals surface area contributed by atoms with Crippen LogP contribution in [0.3, 0.4) is 0 Å². The van der Waals surface area contributed by atoms with Gasteiger partial charge in [-0.15, -0.1) is 0 Å². The Bertz CT molecular complexity index is 1340. The van der Waals surface area contributed by atoms with Crippen molar-refractivity contribution in [1.82, 2.24) is 20.1 Å². The van der Waals surface area contributed by atoms with E-state index in [1.165, 1.54) is 0 Å². The summed E-state index contributed by atoms with van der Waals surface area (Å²) in [6, 6.07) is 14.3. The first-order chi connectivity index (χ1) is 16.1. The van der Waals surface area contributed by atoms with Crippen LogP contribution in [0, 0.1) is 0 Å². The SMILES string of the molecule is COc1cccc2cc(C(=O)NC3CCC(n4nc(-c5cccnc5)ccc4=O)CC3)oc12. The molecule has 8 nitrogen and oxygen atoms in total. The number of para-hydroxylation sites is 1. The van der Waals surface area contributed by atoms with Crippen LogP contribution in [-0.4, -0.2) is 33.8 Å². The van der Waals surface area contributed by atoms with Crippen molar-refractivity contribution in [3.63, 3.8) is 0 Å². The Hall–Kier alpha value is -3.94. The molecular weight excluding hydrogens is 420 g/mol. The number of nitrogens with zero attached hydrogens (tertiary/aromatic N) is 3. The predicted octanol–water partition coefficient (Wildman–Crippen LogP) is 3.97. The minimum atomic E-state index is -0.245. The highest BCUT2D eigenvalue weighted by molar-refractivity contribution is 5.97. The zero-order valence-electron chi connectivity index (χ0n) is 18.2. The second-order valence-corrected chi connectivity index (χ2v) is 8.21. The van der Waals surface area contributed by atoms with E-state index in [0.29, 0.717) is 11.3 Å². The highest BCUT2D eigenvalue weighted by Gasteiger charge is 2.26. The van der Waals surface area contributed by atoms with Crippen molar-refractivity contribution in [3.8, 4) is 17.0 Å². The van der Waals surface area contributed by atoms with Gasteiger partial charge in [0.1, 0.15) is 0 Å². The van der Waals surface area contributed by atoms with Crippen molar-refractivity contribution in [1.29, 1.82) is 0 Å². The second-order valence-electron chi connectivity index (χ2n) is 8.21. The van der Waals surface area contributed by atoms with Gasteiger partial charge in [-0.25, -0.2) is 4.68 Å². The van der Waals surface area contributed by atoms with Gasteiger partial charge in [-0.05, 0) is 56.0 Å². The molecule has 1 N–H and O–H groups in total. The highest BCUT2D eigenvalue weighted by atomic mass is 16.5. The van der Waals surface area contributed by atoms with Gasteiger partial charge in [0.2, 0.25) is 0 Å². The van der Waals surface area contributed by atoms with Crippen LogP contribution in [0.25, 0.3) is 22.2 Å². The number of hydrogen-bond donors (Lipinski definition) is 1. The Kier molecular flexibility index (Phi) is 5.64. The lowest BCUT2D eigenvalue weighted by Crippen LogP contribution is -2.39. The Morgan fingerprint density at radius 3 is 2.73 bits per heavy atom. The van der Waals surface area contributed by atoms with Crippen LogP contribution < -0.4 is 15.6 Å². The fraction of sp³-hybridized carbons (Fsp3) is 0.280. The third kappa shape index (κ3) is 4.24. The Balaban J connectivity index is 1.25. The lowest BCUT2D eigenvalue weighted by molar-refractivity contribution is 0.0895. The monoisotopic (exact) mass is 444 g/mol. The van der Waals surface area contributed by atoms with E-state index in [1.807, 2.05) is 24.3 Å². The summed E-state index contributed by atoms with van der Waals surface area (Å²) in [6.07, 6.45) is 6.45. The van der Waals surface area contributed by atoms with Gasteiger partial charge in [0.25, 0.3) is 11.5 Å². The van der Waals surface area contributed by atoms with E-state index in [0.717, 1.165) is 42.3 Å². The van der Waals surface area contributed by atoms with E-state index in [2.05, 4.69) is 15.4 Å². The number of furan rings is 1. The molecule has 0 atom stereocenters. The number of carbonyl (C=O) groups excluding carboxylic acids is 1. The molecule has 1 amide bonds. The van der Waals surface area contributed by atoms with Gasteiger partial charge in [-0.2, -0.15) is 5.10 Å². The van der Waals surface area contributed by atoms with Crippen LogP contribution in [0.1, 0.15) is 42.3 Å². The lowest BCUT2D eigenvalue weighted by atomic mass is 9.91. The lowest BCUT2D eigenvalue weighted by Gasteiger charge is -2.29. The molecule has 3 heterocycles. The zero-order chi connectivity index (χ0) is 22.8. The smallest absolute Gasteiger partial charge is 0.287 e. The molecule has 1 fully saturated rings. The van der Waals surface area contributed by atoms with Crippen LogP contribution in [0.2, 0.25) is 0 Å². The number of fused-ring (bicyclic) bond motifs is 1. The largest absolute Gasteiger partial charge is 0.493 e. The van der Waals surface area contributed by atoms with Gasteiger partial charge in [0.05, 0.1) is 18.8 Å². The molecule has 0 bridgehead atoms. The van der Waals surface area contributed by atoms with Crippen LogP contribution in [0.15, 0.2) is 70.1 Å². The molecular formula is C25H24N4O4. The number of hydrogen-bond acceptors (Lipinski definition) is 6. The summed E-state index contributed by atoms with van der Waals surface area (Å²) in [5.41, 5.74) is 2.03. The fourth-order valence-corrected chi connectivity index (χ4v) is 4.39. The Morgan fingerprint density at radius 1 is 1.12 bits per heavy atom. The first-order valence-corrected chi connectivity index (χ1v) is 11.0. The number of pyridine rings is 1. The highest BCUT2D eigenvalue weighted by Crippen LogP contribution is 2.30. The van der Waals surface area contributed by atoms with Gasteiger partial charge in [-0.3, -0.25) is 14.6 Å². The minimum Gasteiger partial charge on any atom is -0.493 e. The summed E-state index contributed by atoms with van der Waals surface area (Å²) in [5, 5.41) is 8.48. The van der Waals surface area contributed by atoms with Gasteiger partial charge in [0, 0.05) is 35.5 Å². The van der Waals surface area contributed by atoms with Gasteiger partial charge in [0.15, 0.2) is 17.1 Å². The average molecular weight is 444 g/mol. The van der Waals surface area contributed by atoms with Crippen molar-refractivity contribution < 1.29 is 13.9 Å². The third-order valence-corrected chi connectivity index (χ3v) is 6.11. The average Bonchev–Trinajstić information content (AvgIpc) is 3.30. The normalized spacial score (nSPS) is 18.2. The van der Waals surface area contributed by atoms with E-state index in [1.54, 1.807) is 48.5 Å². The number of ether oxygens (including phenoxy) is 1. The molecule has 168 valence electrons. The van der Waals surface area contributed by atoms with Gasteiger partial charge < -0.3 is 14.5 Å². The molecule has 1 aliphatic rings. The summed E-state index contributed by atoms with van der Waals surface area (Å²) < 4.78 is 12.6. The number of rotatable bonds is 5. The quantitative estimate of drug-likeness (QED) is 0.500. The molecule has 0 radical (unpaired) electrons. The zero-order valence-corrected chi connectivity index (χ0v) is 18.2. The number of nitrogens with one attached hydrogen (secondary N) is 1. The van der Waals surface area contributed by atoms with E-state index in [-0.39, 0.29) is 29.3 Å². The van der Waals surface area contributed by atoms with Crippen LogP contribution in [-0.2, 0) is 0 Å². The van der Waals surface area contributed by atoms with E-state index < -0.39 is 0 Å². The summed E-state index contributed by atoms with van der Waals surface area (Å²) in [4.78, 5) is 29.4.